The van der Waals surface area contributed by atoms with Crippen molar-refractivity contribution in [3.8, 4) is 11.5 Å². The molecule has 0 atom stereocenters. The third-order valence-corrected chi connectivity index (χ3v) is 4.02. The summed E-state index contributed by atoms with van der Waals surface area (Å²) in [5, 5.41) is 2.85. The maximum Gasteiger partial charge on any atom is 0.322 e. The van der Waals surface area contributed by atoms with Gasteiger partial charge in [-0.25, -0.2) is 4.79 Å². The van der Waals surface area contributed by atoms with Crippen LogP contribution < -0.4 is 14.8 Å². The Kier molecular flexibility index (Phi) is 4.88. The first-order valence-corrected chi connectivity index (χ1v) is 8.12. The van der Waals surface area contributed by atoms with Crippen LogP contribution in [0.25, 0.3) is 0 Å². The number of urea groups is 1. The lowest BCUT2D eigenvalue weighted by Gasteiger charge is -2.21. The first-order chi connectivity index (χ1) is 12.1. The van der Waals surface area contributed by atoms with Gasteiger partial charge in [-0.2, -0.15) is 0 Å². The normalized spacial score (nSPS) is 11.9. The van der Waals surface area contributed by atoms with Crippen LogP contribution in [-0.4, -0.2) is 30.1 Å². The second-order valence-electron chi connectivity index (χ2n) is 5.77. The molecule has 25 heavy (non-hydrogen) atoms. The molecule has 1 N–H and O–H groups in total. The molecule has 1 heterocycles. The number of carbonyl (C=O) groups excluding carboxylic acids is 2. The number of fused-ring (bicyclic) bond motifs is 1. The van der Waals surface area contributed by atoms with E-state index in [2.05, 4.69) is 5.32 Å². The van der Waals surface area contributed by atoms with E-state index < -0.39 is 0 Å². The number of nitrogens with zero attached hydrogens (tertiary/aromatic N) is 1. The Morgan fingerprint density at radius 1 is 1.08 bits per heavy atom. The van der Waals surface area contributed by atoms with E-state index >= 15 is 0 Å². The quantitative estimate of drug-likeness (QED) is 0.843. The van der Waals surface area contributed by atoms with Gasteiger partial charge >= 0.3 is 6.03 Å². The van der Waals surface area contributed by atoms with E-state index in [0.29, 0.717) is 30.1 Å². The molecule has 2 aromatic rings. The van der Waals surface area contributed by atoms with Crippen molar-refractivity contribution in [2.45, 2.75) is 20.4 Å². The maximum atomic E-state index is 12.5. The van der Waals surface area contributed by atoms with E-state index in [9.17, 15) is 9.59 Å². The Morgan fingerprint density at radius 2 is 1.80 bits per heavy atom. The van der Waals surface area contributed by atoms with Crippen molar-refractivity contribution in [3.63, 3.8) is 0 Å². The minimum atomic E-state index is -0.198. The molecule has 0 bridgehead atoms. The van der Waals surface area contributed by atoms with Crippen LogP contribution in [0.2, 0.25) is 0 Å². The summed E-state index contributed by atoms with van der Waals surface area (Å²) in [6.07, 6.45) is 0. The first kappa shape index (κ1) is 16.8. The zero-order valence-electron chi connectivity index (χ0n) is 14.2. The number of ether oxygens (including phenoxy) is 2. The second kappa shape index (κ2) is 7.25. The molecule has 0 saturated carbocycles. The first-order valence-electron chi connectivity index (χ1n) is 8.12. The van der Waals surface area contributed by atoms with Gasteiger partial charge in [0.2, 0.25) is 6.79 Å². The number of rotatable bonds is 5. The summed E-state index contributed by atoms with van der Waals surface area (Å²) < 4.78 is 10.7. The molecule has 1 aliphatic heterocycles. The number of ketones is 1. The lowest BCUT2D eigenvalue weighted by molar-refractivity contribution is 0.101. The molecule has 2 aromatic carbocycles. The zero-order chi connectivity index (χ0) is 17.8. The van der Waals surface area contributed by atoms with Crippen molar-refractivity contribution in [3.05, 3.63) is 53.6 Å². The molecular formula is C19H20N2O4. The van der Waals surface area contributed by atoms with Gasteiger partial charge in [-0.3, -0.25) is 4.79 Å². The van der Waals surface area contributed by atoms with Crippen molar-refractivity contribution in [1.82, 2.24) is 4.90 Å². The highest BCUT2D eigenvalue weighted by Crippen LogP contribution is 2.32. The van der Waals surface area contributed by atoms with Crippen LogP contribution in [0, 0.1) is 0 Å². The van der Waals surface area contributed by atoms with Crippen molar-refractivity contribution >= 4 is 17.5 Å². The highest BCUT2D eigenvalue weighted by Gasteiger charge is 2.16. The van der Waals surface area contributed by atoms with Gasteiger partial charge < -0.3 is 19.7 Å². The summed E-state index contributed by atoms with van der Waals surface area (Å²) in [7, 11) is 0. The molecule has 1 aliphatic rings. The van der Waals surface area contributed by atoms with Gasteiger partial charge in [-0.05, 0) is 55.8 Å². The van der Waals surface area contributed by atoms with Crippen LogP contribution in [0.4, 0.5) is 10.5 Å². The van der Waals surface area contributed by atoms with Crippen LogP contribution in [0.15, 0.2) is 42.5 Å². The number of hydrogen-bond acceptors (Lipinski definition) is 4. The van der Waals surface area contributed by atoms with Crippen molar-refractivity contribution < 1.29 is 19.1 Å². The summed E-state index contributed by atoms with van der Waals surface area (Å²) in [5.74, 6) is 1.42. The molecule has 0 saturated heterocycles. The number of benzene rings is 2. The Morgan fingerprint density at radius 3 is 2.48 bits per heavy atom. The predicted molar refractivity (Wildman–Crippen MR) is 94.1 cm³/mol. The number of hydrogen-bond donors (Lipinski definition) is 1. The molecule has 0 radical (unpaired) electrons. The van der Waals surface area contributed by atoms with E-state index in [0.717, 1.165) is 11.3 Å². The highest BCUT2D eigenvalue weighted by atomic mass is 16.7. The summed E-state index contributed by atoms with van der Waals surface area (Å²) in [6.45, 7) is 4.69. The van der Waals surface area contributed by atoms with Crippen LogP contribution >= 0.6 is 0 Å². The average molecular weight is 340 g/mol. The van der Waals surface area contributed by atoms with Gasteiger partial charge in [0.25, 0.3) is 0 Å². The standard InChI is InChI=1S/C19H20N2O4/c1-3-21(11-14-4-9-17-18(10-14)25-12-24-17)19(23)20-16-7-5-15(6-8-16)13(2)22/h4-10H,3,11-12H2,1-2H3,(H,20,23). The lowest BCUT2D eigenvalue weighted by Crippen LogP contribution is -2.34. The third kappa shape index (κ3) is 3.91. The fourth-order valence-electron chi connectivity index (χ4n) is 2.58. The number of Topliss-reactive ketones (excluding diaryl/α,β-unsaturated/α-hetero) is 1. The summed E-state index contributed by atoms with van der Waals surface area (Å²) in [4.78, 5) is 25.5. The average Bonchev–Trinajstić information content (AvgIpc) is 3.07. The van der Waals surface area contributed by atoms with Gasteiger partial charge in [-0.15, -0.1) is 0 Å². The molecule has 0 aromatic heterocycles. The van der Waals surface area contributed by atoms with E-state index in [1.54, 1.807) is 29.2 Å². The van der Waals surface area contributed by atoms with E-state index in [1.165, 1.54) is 6.92 Å². The number of nitrogens with one attached hydrogen (secondary N) is 1. The molecule has 0 aliphatic carbocycles. The topological polar surface area (TPSA) is 67.9 Å². The summed E-state index contributed by atoms with van der Waals surface area (Å²) in [5.41, 5.74) is 2.23. The highest BCUT2D eigenvalue weighted by molar-refractivity contribution is 5.95. The van der Waals surface area contributed by atoms with Crippen LogP contribution in [-0.2, 0) is 6.54 Å². The summed E-state index contributed by atoms with van der Waals surface area (Å²) >= 11 is 0. The van der Waals surface area contributed by atoms with E-state index in [4.69, 9.17) is 9.47 Å². The van der Waals surface area contributed by atoms with Gasteiger partial charge in [0.05, 0.1) is 0 Å². The van der Waals surface area contributed by atoms with Crippen LogP contribution in [0.3, 0.4) is 0 Å². The van der Waals surface area contributed by atoms with Gasteiger partial charge in [0, 0.05) is 24.3 Å². The largest absolute Gasteiger partial charge is 0.454 e. The number of anilines is 1. The van der Waals surface area contributed by atoms with Gasteiger partial charge in [0.1, 0.15) is 0 Å². The molecule has 130 valence electrons. The summed E-state index contributed by atoms with van der Waals surface area (Å²) in [6, 6.07) is 12.3. The molecule has 6 nitrogen and oxygen atoms in total. The Hall–Kier alpha value is -3.02. The van der Waals surface area contributed by atoms with Crippen LogP contribution in [0.5, 0.6) is 11.5 Å². The maximum absolute atomic E-state index is 12.5. The zero-order valence-corrected chi connectivity index (χ0v) is 14.2. The van der Waals surface area contributed by atoms with Crippen molar-refractivity contribution in [1.29, 1.82) is 0 Å². The van der Waals surface area contributed by atoms with Gasteiger partial charge in [0.15, 0.2) is 17.3 Å². The fraction of sp³-hybridized carbons (Fsp3) is 0.263. The minimum Gasteiger partial charge on any atom is -0.454 e. The van der Waals surface area contributed by atoms with Crippen molar-refractivity contribution in [2.24, 2.45) is 0 Å². The Labute approximate surface area is 146 Å². The van der Waals surface area contributed by atoms with Gasteiger partial charge in [-0.1, -0.05) is 6.07 Å². The molecule has 3 rings (SSSR count). The monoisotopic (exact) mass is 340 g/mol. The second-order valence-corrected chi connectivity index (χ2v) is 5.77. The third-order valence-electron chi connectivity index (χ3n) is 4.02. The Bertz CT molecular complexity index is 787. The van der Waals surface area contributed by atoms with E-state index in [-0.39, 0.29) is 18.6 Å². The molecule has 0 unspecified atom stereocenters. The predicted octanol–water partition coefficient (Wildman–Crippen LogP) is 3.67. The molecule has 2 amide bonds. The number of carbonyl (C=O) groups is 2. The molecular weight excluding hydrogens is 320 g/mol. The molecule has 6 heteroatoms. The number of amides is 2. The SMILES string of the molecule is CCN(Cc1ccc2c(c1)OCO2)C(=O)Nc1ccc(C(C)=O)cc1. The smallest absolute Gasteiger partial charge is 0.322 e. The minimum absolute atomic E-state index is 0.00382. The molecule has 0 spiro atoms. The van der Waals surface area contributed by atoms with Crippen molar-refractivity contribution in [2.75, 3.05) is 18.7 Å². The molecule has 0 fully saturated rings. The fourth-order valence-corrected chi connectivity index (χ4v) is 2.58. The Balaban J connectivity index is 1.65. The lowest BCUT2D eigenvalue weighted by atomic mass is 10.1. The van der Waals surface area contributed by atoms with E-state index in [1.807, 2.05) is 25.1 Å². The van der Waals surface area contributed by atoms with Crippen LogP contribution in [0.1, 0.15) is 29.8 Å².